The SMILES string of the molecule is C[C@H](Oc1ccc(N(C)S(C)(=O)=O)cc1)C(=O)Nc1ccc(OC2CCCC2)cc1. The summed E-state index contributed by atoms with van der Waals surface area (Å²) in [5.74, 6) is 1.00. The van der Waals surface area contributed by atoms with Gasteiger partial charge in [-0.05, 0) is 81.1 Å². The minimum absolute atomic E-state index is 0.281. The van der Waals surface area contributed by atoms with Gasteiger partial charge in [0.15, 0.2) is 6.10 Å². The minimum atomic E-state index is -3.33. The van der Waals surface area contributed by atoms with Crippen molar-refractivity contribution in [3.63, 3.8) is 0 Å². The Morgan fingerprint density at radius 3 is 2.17 bits per heavy atom. The Morgan fingerprint density at radius 2 is 1.60 bits per heavy atom. The molecule has 2 aromatic carbocycles. The van der Waals surface area contributed by atoms with Gasteiger partial charge in [0, 0.05) is 12.7 Å². The van der Waals surface area contributed by atoms with Gasteiger partial charge < -0.3 is 14.8 Å². The third kappa shape index (κ3) is 5.89. The van der Waals surface area contributed by atoms with Crippen molar-refractivity contribution in [1.29, 1.82) is 0 Å². The lowest BCUT2D eigenvalue weighted by Crippen LogP contribution is -2.30. The Morgan fingerprint density at radius 1 is 1.03 bits per heavy atom. The molecule has 1 fully saturated rings. The summed E-state index contributed by atoms with van der Waals surface area (Å²) in [6.45, 7) is 1.66. The monoisotopic (exact) mass is 432 g/mol. The zero-order valence-corrected chi connectivity index (χ0v) is 18.3. The van der Waals surface area contributed by atoms with E-state index in [2.05, 4.69) is 5.32 Å². The maximum absolute atomic E-state index is 12.4. The summed E-state index contributed by atoms with van der Waals surface area (Å²) >= 11 is 0. The number of sulfonamides is 1. The third-order valence-electron chi connectivity index (χ3n) is 5.11. The highest BCUT2D eigenvalue weighted by molar-refractivity contribution is 7.92. The fourth-order valence-electron chi connectivity index (χ4n) is 3.24. The van der Waals surface area contributed by atoms with E-state index in [1.54, 1.807) is 31.2 Å². The van der Waals surface area contributed by atoms with Crippen LogP contribution in [-0.2, 0) is 14.8 Å². The van der Waals surface area contributed by atoms with Crippen LogP contribution < -0.4 is 19.1 Å². The Kier molecular flexibility index (Phi) is 6.87. The minimum Gasteiger partial charge on any atom is -0.490 e. The van der Waals surface area contributed by atoms with Gasteiger partial charge in [-0.2, -0.15) is 0 Å². The number of anilines is 2. The van der Waals surface area contributed by atoms with Gasteiger partial charge in [-0.15, -0.1) is 0 Å². The molecule has 0 radical (unpaired) electrons. The molecule has 1 aliphatic rings. The van der Waals surface area contributed by atoms with Crippen molar-refractivity contribution in [2.24, 2.45) is 0 Å². The highest BCUT2D eigenvalue weighted by Gasteiger charge is 2.18. The molecule has 1 saturated carbocycles. The first kappa shape index (κ1) is 22.0. The summed E-state index contributed by atoms with van der Waals surface area (Å²) in [7, 11) is -1.85. The largest absolute Gasteiger partial charge is 0.490 e. The molecule has 7 nitrogen and oxygen atoms in total. The predicted molar refractivity (Wildman–Crippen MR) is 118 cm³/mol. The number of amides is 1. The van der Waals surface area contributed by atoms with Gasteiger partial charge in [0.2, 0.25) is 10.0 Å². The molecule has 1 amide bonds. The summed E-state index contributed by atoms with van der Waals surface area (Å²) in [4.78, 5) is 12.4. The zero-order valence-electron chi connectivity index (χ0n) is 17.5. The van der Waals surface area contributed by atoms with Crippen LogP contribution >= 0.6 is 0 Å². The van der Waals surface area contributed by atoms with E-state index < -0.39 is 16.1 Å². The number of ether oxygens (including phenoxy) is 2. The quantitative estimate of drug-likeness (QED) is 0.686. The topological polar surface area (TPSA) is 84.9 Å². The molecule has 8 heteroatoms. The van der Waals surface area contributed by atoms with Gasteiger partial charge in [-0.3, -0.25) is 9.10 Å². The van der Waals surface area contributed by atoms with Gasteiger partial charge in [0.1, 0.15) is 11.5 Å². The third-order valence-corrected chi connectivity index (χ3v) is 6.31. The van der Waals surface area contributed by atoms with Crippen molar-refractivity contribution in [1.82, 2.24) is 0 Å². The lowest BCUT2D eigenvalue weighted by atomic mass is 10.2. The Bertz CT molecular complexity index is 952. The second kappa shape index (κ2) is 9.38. The molecular weight excluding hydrogens is 404 g/mol. The van der Waals surface area contributed by atoms with Crippen molar-refractivity contribution in [3.05, 3.63) is 48.5 Å². The van der Waals surface area contributed by atoms with Crippen LogP contribution in [0.2, 0.25) is 0 Å². The van der Waals surface area contributed by atoms with Crippen LogP contribution in [0.15, 0.2) is 48.5 Å². The molecule has 0 spiro atoms. The fraction of sp³-hybridized carbons (Fsp3) is 0.409. The number of nitrogens with zero attached hydrogens (tertiary/aromatic N) is 1. The maximum Gasteiger partial charge on any atom is 0.265 e. The van der Waals surface area contributed by atoms with Crippen LogP contribution in [0.25, 0.3) is 0 Å². The Balaban J connectivity index is 1.53. The van der Waals surface area contributed by atoms with Crippen molar-refractivity contribution in [2.45, 2.75) is 44.8 Å². The smallest absolute Gasteiger partial charge is 0.265 e. The van der Waals surface area contributed by atoms with E-state index in [0.29, 0.717) is 23.2 Å². The average Bonchev–Trinajstić information content (AvgIpc) is 3.22. The standard InChI is InChI=1S/C22H28N2O5S/c1-16(28-20-14-10-18(11-15-20)24(2)30(3,26)27)22(25)23-17-8-12-21(13-9-17)29-19-6-4-5-7-19/h8-16,19H,4-7H2,1-3H3,(H,23,25)/t16-/m0/s1. The van der Waals surface area contributed by atoms with E-state index >= 15 is 0 Å². The number of rotatable bonds is 8. The summed E-state index contributed by atoms with van der Waals surface area (Å²) in [6.07, 6.45) is 5.33. The van der Waals surface area contributed by atoms with Gasteiger partial charge in [0.05, 0.1) is 18.0 Å². The second-order valence-corrected chi connectivity index (χ2v) is 9.54. The normalized spacial score (nSPS) is 15.4. The highest BCUT2D eigenvalue weighted by Crippen LogP contribution is 2.25. The molecule has 3 rings (SSSR count). The van der Waals surface area contributed by atoms with E-state index in [9.17, 15) is 13.2 Å². The highest BCUT2D eigenvalue weighted by atomic mass is 32.2. The molecule has 0 aromatic heterocycles. The van der Waals surface area contributed by atoms with E-state index in [4.69, 9.17) is 9.47 Å². The summed E-state index contributed by atoms with van der Waals surface area (Å²) < 4.78 is 36.0. The molecule has 1 atom stereocenters. The lowest BCUT2D eigenvalue weighted by molar-refractivity contribution is -0.122. The fourth-order valence-corrected chi connectivity index (χ4v) is 3.75. The molecule has 1 aliphatic carbocycles. The molecule has 2 aromatic rings. The summed E-state index contributed by atoms with van der Waals surface area (Å²) in [6, 6.07) is 13.9. The number of hydrogen-bond donors (Lipinski definition) is 1. The van der Waals surface area contributed by atoms with Crippen LogP contribution in [0, 0.1) is 0 Å². The van der Waals surface area contributed by atoms with E-state index in [1.165, 1.54) is 24.2 Å². The Labute approximate surface area is 178 Å². The van der Waals surface area contributed by atoms with Crippen LogP contribution in [0.1, 0.15) is 32.6 Å². The van der Waals surface area contributed by atoms with Crippen LogP contribution in [0.5, 0.6) is 11.5 Å². The van der Waals surface area contributed by atoms with Crippen LogP contribution in [0.3, 0.4) is 0 Å². The van der Waals surface area contributed by atoms with Crippen molar-refractivity contribution >= 4 is 27.3 Å². The van der Waals surface area contributed by atoms with E-state index in [0.717, 1.165) is 24.8 Å². The lowest BCUT2D eigenvalue weighted by Gasteiger charge is -2.18. The molecule has 0 aliphatic heterocycles. The zero-order chi connectivity index (χ0) is 21.7. The number of nitrogens with one attached hydrogen (secondary N) is 1. The average molecular weight is 433 g/mol. The van der Waals surface area contributed by atoms with Crippen molar-refractivity contribution < 1.29 is 22.7 Å². The molecule has 162 valence electrons. The van der Waals surface area contributed by atoms with Gasteiger partial charge in [0.25, 0.3) is 5.91 Å². The second-order valence-electron chi connectivity index (χ2n) is 7.52. The predicted octanol–water partition coefficient (Wildman–Crippen LogP) is 3.81. The molecular formula is C22H28N2O5S. The molecule has 0 saturated heterocycles. The van der Waals surface area contributed by atoms with E-state index in [1.807, 2.05) is 24.3 Å². The first-order chi connectivity index (χ1) is 14.2. The molecule has 0 bridgehead atoms. The van der Waals surface area contributed by atoms with Crippen molar-refractivity contribution in [3.8, 4) is 11.5 Å². The number of hydrogen-bond acceptors (Lipinski definition) is 5. The summed E-state index contributed by atoms with van der Waals surface area (Å²) in [5.41, 5.74) is 1.18. The first-order valence-corrected chi connectivity index (χ1v) is 11.9. The Hall–Kier alpha value is -2.74. The molecule has 30 heavy (non-hydrogen) atoms. The van der Waals surface area contributed by atoms with Gasteiger partial charge in [-0.25, -0.2) is 8.42 Å². The first-order valence-electron chi connectivity index (χ1n) is 10.0. The number of carbonyl (C=O) groups is 1. The molecule has 1 N–H and O–H groups in total. The summed E-state index contributed by atoms with van der Waals surface area (Å²) in [5, 5.41) is 2.83. The maximum atomic E-state index is 12.4. The number of carbonyl (C=O) groups excluding carboxylic acids is 1. The number of benzene rings is 2. The van der Waals surface area contributed by atoms with Gasteiger partial charge >= 0.3 is 0 Å². The van der Waals surface area contributed by atoms with Crippen LogP contribution in [0.4, 0.5) is 11.4 Å². The van der Waals surface area contributed by atoms with E-state index in [-0.39, 0.29) is 5.91 Å². The van der Waals surface area contributed by atoms with Crippen LogP contribution in [-0.4, -0.2) is 39.8 Å². The molecule has 0 unspecified atom stereocenters. The van der Waals surface area contributed by atoms with Gasteiger partial charge in [-0.1, -0.05) is 0 Å². The van der Waals surface area contributed by atoms with Crippen molar-refractivity contribution in [2.75, 3.05) is 22.9 Å². The molecule has 0 heterocycles.